The first-order chi connectivity index (χ1) is 21.5. The molecule has 10 heteroatoms. The summed E-state index contributed by atoms with van der Waals surface area (Å²) in [6.45, 7) is 11.8. The molecule has 0 radical (unpaired) electrons. The molecule has 2 amide bonds. The molecule has 45 heavy (non-hydrogen) atoms. The van der Waals surface area contributed by atoms with Gasteiger partial charge < -0.3 is 35.0 Å². The van der Waals surface area contributed by atoms with Gasteiger partial charge in [0, 0.05) is 26.6 Å². The average molecular weight is 637 g/mol. The van der Waals surface area contributed by atoms with E-state index in [2.05, 4.69) is 19.2 Å². The van der Waals surface area contributed by atoms with Crippen LogP contribution in [0, 0.1) is 29.6 Å². The van der Waals surface area contributed by atoms with Crippen LogP contribution in [0.25, 0.3) is 0 Å². The van der Waals surface area contributed by atoms with Gasteiger partial charge in [-0.15, -0.1) is 0 Å². The molecule has 0 bridgehead atoms. The summed E-state index contributed by atoms with van der Waals surface area (Å²) in [4.78, 5) is 33.0. The average Bonchev–Trinajstić information content (AvgIpc) is 3.05. The standard InChI is InChI=1S/C14H26.C12H15NO4.C5H10O2.C4H9NO2/c1-3-11-9-10-12-7-5-6-8-14(12)13(11)4-2;1-16-11-7-9(3-4-10(11)14)8-13-5-2-6-17-12(13)15;1-3-4(2)5(6)7;1-4(7)5-2-3-6/h11-14H,3-10H2,1-2H3;3-4,7,14H,2,5-6,8H2,1H3;4H,3H2,1-2H3,(H,6,7);6H,2-3H2,1H3,(H,5,7). The van der Waals surface area contributed by atoms with Gasteiger partial charge in [-0.3, -0.25) is 9.59 Å². The Labute approximate surface area is 270 Å². The molecule has 0 spiro atoms. The van der Waals surface area contributed by atoms with Gasteiger partial charge in [0.05, 0.1) is 26.2 Å². The van der Waals surface area contributed by atoms with E-state index in [0.29, 0.717) is 32.0 Å². The minimum absolute atomic E-state index is 0.0135. The molecule has 1 aliphatic heterocycles. The number of aliphatic hydroxyl groups is 1. The van der Waals surface area contributed by atoms with Crippen molar-refractivity contribution in [3.05, 3.63) is 23.8 Å². The molecule has 258 valence electrons. The molecule has 5 atom stereocenters. The number of amides is 2. The second-order valence-corrected chi connectivity index (χ2v) is 12.3. The third-order valence-corrected chi connectivity index (χ3v) is 9.22. The zero-order valence-electron chi connectivity index (χ0n) is 28.6. The van der Waals surface area contributed by atoms with E-state index in [4.69, 9.17) is 19.7 Å². The highest BCUT2D eigenvalue weighted by atomic mass is 16.6. The van der Waals surface area contributed by atoms with Crippen molar-refractivity contribution in [2.45, 2.75) is 105 Å². The molecule has 1 heterocycles. The molecule has 1 aromatic carbocycles. The highest BCUT2D eigenvalue weighted by Crippen LogP contribution is 2.48. The first kappa shape index (κ1) is 40.0. The normalized spacial score (nSPS) is 22.7. The van der Waals surface area contributed by atoms with Gasteiger partial charge in [0.1, 0.15) is 0 Å². The van der Waals surface area contributed by atoms with Crippen LogP contribution in [0.5, 0.6) is 11.5 Å². The Kier molecular flexibility index (Phi) is 20.0. The number of aliphatic hydroxyl groups excluding tert-OH is 1. The largest absolute Gasteiger partial charge is 0.504 e. The van der Waals surface area contributed by atoms with E-state index in [0.717, 1.165) is 42.1 Å². The predicted octanol–water partition coefficient (Wildman–Crippen LogP) is 6.61. The van der Waals surface area contributed by atoms with Crippen LogP contribution < -0.4 is 10.1 Å². The molecular formula is C35H60N2O8. The number of nitrogens with zero attached hydrogens (tertiary/aromatic N) is 1. The van der Waals surface area contributed by atoms with Crippen LogP contribution in [0.1, 0.15) is 104 Å². The number of carbonyl (C=O) groups is 3. The number of aliphatic carboxylic acids is 1. The van der Waals surface area contributed by atoms with Crippen molar-refractivity contribution in [2.75, 3.05) is 33.4 Å². The Bertz CT molecular complexity index is 998. The van der Waals surface area contributed by atoms with Crippen molar-refractivity contribution in [3.8, 4) is 11.5 Å². The number of ether oxygens (including phenoxy) is 2. The quantitative estimate of drug-likeness (QED) is 0.237. The SMILES string of the molecule is CC(=O)NCCO.CCC(C)C(=O)O.CCC1CCC2CCCCC2C1CC.COc1cc(CN2CCCOC2=O)ccc1O. The molecule has 5 unspecified atom stereocenters. The molecule has 2 saturated carbocycles. The van der Waals surface area contributed by atoms with Crippen LogP contribution in [0.3, 0.4) is 0 Å². The molecule has 3 aliphatic rings. The van der Waals surface area contributed by atoms with E-state index in [1.165, 1.54) is 46.1 Å². The topological polar surface area (TPSA) is 146 Å². The fourth-order valence-corrected chi connectivity index (χ4v) is 6.48. The number of carboxylic acids is 1. The third-order valence-electron chi connectivity index (χ3n) is 9.22. The Hall–Kier alpha value is -3.01. The van der Waals surface area contributed by atoms with E-state index < -0.39 is 5.97 Å². The molecule has 2 aliphatic carbocycles. The monoisotopic (exact) mass is 636 g/mol. The summed E-state index contributed by atoms with van der Waals surface area (Å²) in [6.07, 6.45) is 13.4. The van der Waals surface area contributed by atoms with Crippen LogP contribution in [0.4, 0.5) is 4.79 Å². The lowest BCUT2D eigenvalue weighted by Gasteiger charge is -2.45. The number of phenols is 1. The maximum atomic E-state index is 11.4. The van der Waals surface area contributed by atoms with Crippen LogP contribution >= 0.6 is 0 Å². The van der Waals surface area contributed by atoms with E-state index in [1.54, 1.807) is 49.3 Å². The Balaban J connectivity index is 0.000000325. The number of carbonyl (C=O) groups excluding carboxylic acids is 2. The summed E-state index contributed by atoms with van der Waals surface area (Å²) in [5.74, 6) is 3.91. The zero-order valence-corrected chi connectivity index (χ0v) is 28.6. The number of hydrogen-bond acceptors (Lipinski definition) is 7. The van der Waals surface area contributed by atoms with Gasteiger partial charge in [-0.2, -0.15) is 0 Å². The maximum absolute atomic E-state index is 11.4. The lowest BCUT2D eigenvalue weighted by atomic mass is 9.60. The van der Waals surface area contributed by atoms with Gasteiger partial charge in [-0.25, -0.2) is 4.79 Å². The summed E-state index contributed by atoms with van der Waals surface area (Å²) >= 11 is 0. The second-order valence-electron chi connectivity index (χ2n) is 12.3. The molecule has 4 rings (SSSR count). The predicted molar refractivity (Wildman–Crippen MR) is 176 cm³/mol. The number of phenolic OH excluding ortho intramolecular Hbond substituents is 1. The van der Waals surface area contributed by atoms with Crippen molar-refractivity contribution < 1.29 is 39.2 Å². The summed E-state index contributed by atoms with van der Waals surface area (Å²) in [5, 5.41) is 28.2. The number of carboxylic acid groups (broad SMARTS) is 1. The number of nitrogens with one attached hydrogen (secondary N) is 1. The highest BCUT2D eigenvalue weighted by Gasteiger charge is 2.38. The fourth-order valence-electron chi connectivity index (χ4n) is 6.48. The van der Waals surface area contributed by atoms with E-state index in [-0.39, 0.29) is 30.3 Å². The van der Waals surface area contributed by atoms with Crippen molar-refractivity contribution >= 4 is 18.0 Å². The molecular weight excluding hydrogens is 576 g/mol. The van der Waals surface area contributed by atoms with Gasteiger partial charge in [-0.05, 0) is 73.5 Å². The Morgan fingerprint density at radius 1 is 1.09 bits per heavy atom. The van der Waals surface area contributed by atoms with Crippen LogP contribution in [0.15, 0.2) is 18.2 Å². The molecule has 1 aromatic rings. The van der Waals surface area contributed by atoms with E-state index in [9.17, 15) is 19.5 Å². The van der Waals surface area contributed by atoms with Gasteiger partial charge in [-0.1, -0.05) is 65.9 Å². The zero-order chi connectivity index (χ0) is 33.8. The second kappa shape index (κ2) is 22.5. The Morgan fingerprint density at radius 2 is 1.80 bits per heavy atom. The fraction of sp³-hybridized carbons (Fsp3) is 0.743. The first-order valence-electron chi connectivity index (χ1n) is 16.9. The van der Waals surface area contributed by atoms with Crippen molar-refractivity contribution in [2.24, 2.45) is 29.6 Å². The first-order valence-corrected chi connectivity index (χ1v) is 16.9. The molecule has 10 nitrogen and oxygen atoms in total. The van der Waals surface area contributed by atoms with Crippen LogP contribution in [0.2, 0.25) is 0 Å². The Morgan fingerprint density at radius 3 is 2.31 bits per heavy atom. The van der Waals surface area contributed by atoms with Crippen LogP contribution in [-0.2, 0) is 20.9 Å². The van der Waals surface area contributed by atoms with Crippen molar-refractivity contribution in [3.63, 3.8) is 0 Å². The number of cyclic esters (lactones) is 1. The lowest BCUT2D eigenvalue weighted by Crippen LogP contribution is -2.37. The van der Waals surface area contributed by atoms with E-state index in [1.807, 2.05) is 6.92 Å². The third kappa shape index (κ3) is 14.8. The van der Waals surface area contributed by atoms with Crippen LogP contribution in [-0.4, -0.2) is 71.6 Å². The van der Waals surface area contributed by atoms with Crippen molar-refractivity contribution in [1.29, 1.82) is 0 Å². The molecule has 1 saturated heterocycles. The van der Waals surface area contributed by atoms with Gasteiger partial charge in [0.25, 0.3) is 0 Å². The van der Waals surface area contributed by atoms with Gasteiger partial charge in [0.15, 0.2) is 11.5 Å². The number of rotatable bonds is 9. The summed E-state index contributed by atoms with van der Waals surface area (Å²) in [7, 11) is 1.49. The molecule has 3 fully saturated rings. The summed E-state index contributed by atoms with van der Waals surface area (Å²) < 4.78 is 9.97. The van der Waals surface area contributed by atoms with Gasteiger partial charge >= 0.3 is 12.1 Å². The van der Waals surface area contributed by atoms with E-state index >= 15 is 0 Å². The summed E-state index contributed by atoms with van der Waals surface area (Å²) in [6, 6.07) is 5.04. The number of fused-ring (bicyclic) bond motifs is 1. The number of methoxy groups -OCH3 is 1. The maximum Gasteiger partial charge on any atom is 0.410 e. The number of benzene rings is 1. The minimum Gasteiger partial charge on any atom is -0.504 e. The smallest absolute Gasteiger partial charge is 0.410 e. The lowest BCUT2D eigenvalue weighted by molar-refractivity contribution is -0.141. The number of aromatic hydroxyl groups is 1. The van der Waals surface area contributed by atoms with Crippen molar-refractivity contribution in [1.82, 2.24) is 10.2 Å². The molecule has 0 aromatic heterocycles. The minimum atomic E-state index is -0.706. The highest BCUT2D eigenvalue weighted by molar-refractivity contribution is 5.72. The number of hydrogen-bond donors (Lipinski definition) is 4. The molecule has 4 N–H and O–H groups in total. The summed E-state index contributed by atoms with van der Waals surface area (Å²) in [5.41, 5.74) is 0.901. The van der Waals surface area contributed by atoms with Gasteiger partial charge in [0.2, 0.25) is 5.91 Å².